The van der Waals surface area contributed by atoms with Crippen LogP contribution in [0.1, 0.15) is 24.5 Å². The molecule has 146 valence electrons. The molecule has 0 radical (unpaired) electrons. The molecule has 0 fully saturated rings. The molecule has 0 bridgehead atoms. The summed E-state index contributed by atoms with van der Waals surface area (Å²) in [7, 11) is 0. The monoisotopic (exact) mass is 375 g/mol. The van der Waals surface area contributed by atoms with Crippen molar-refractivity contribution >= 4 is 16.9 Å². The third-order valence-corrected chi connectivity index (χ3v) is 4.09. The van der Waals surface area contributed by atoms with Gasteiger partial charge in [-0.05, 0) is 43.5 Å². The predicted molar refractivity (Wildman–Crippen MR) is 102 cm³/mol. The van der Waals surface area contributed by atoms with E-state index in [-0.39, 0.29) is 25.3 Å². The van der Waals surface area contributed by atoms with Gasteiger partial charge in [-0.2, -0.15) is 0 Å². The Labute approximate surface area is 157 Å². The molecule has 0 aliphatic heterocycles. The van der Waals surface area contributed by atoms with Crippen LogP contribution in [-0.2, 0) is 11.2 Å². The number of aryl methyl sites for hydroxylation is 1. The zero-order valence-electron chi connectivity index (χ0n) is 15.6. The molecule has 1 aromatic carbocycles. The Hall–Kier alpha value is -2.64. The minimum Gasteiger partial charge on any atom is -0.489 e. The van der Waals surface area contributed by atoms with Gasteiger partial charge in [0.1, 0.15) is 17.9 Å². The van der Waals surface area contributed by atoms with E-state index in [1.807, 2.05) is 19.9 Å². The summed E-state index contributed by atoms with van der Waals surface area (Å²) in [6.45, 7) is 7.38. The highest BCUT2D eigenvalue weighted by molar-refractivity contribution is 5.82. The lowest BCUT2D eigenvalue weighted by Crippen LogP contribution is -2.34. The molecule has 7 heteroatoms. The lowest BCUT2D eigenvalue weighted by molar-refractivity contribution is -0.121. The second-order valence-electron chi connectivity index (χ2n) is 6.54. The van der Waals surface area contributed by atoms with Crippen molar-refractivity contribution < 1.29 is 24.2 Å². The number of benzene rings is 1. The van der Waals surface area contributed by atoms with Gasteiger partial charge in [-0.25, -0.2) is 4.79 Å². The first-order valence-electron chi connectivity index (χ1n) is 8.71. The third kappa shape index (κ3) is 5.67. The van der Waals surface area contributed by atoms with E-state index >= 15 is 0 Å². The number of hydrogen-bond donors (Lipinski definition) is 3. The summed E-state index contributed by atoms with van der Waals surface area (Å²) in [5, 5.41) is 21.3. The van der Waals surface area contributed by atoms with Gasteiger partial charge in [-0.1, -0.05) is 6.58 Å². The van der Waals surface area contributed by atoms with E-state index in [1.54, 1.807) is 12.1 Å². The molecule has 7 nitrogen and oxygen atoms in total. The van der Waals surface area contributed by atoms with E-state index < -0.39 is 18.3 Å². The summed E-state index contributed by atoms with van der Waals surface area (Å²) in [5.74, 6) is 0.271. The zero-order chi connectivity index (χ0) is 20.0. The number of nitrogens with one attached hydrogen (secondary N) is 1. The molecule has 2 aromatic rings. The first-order valence-corrected chi connectivity index (χ1v) is 8.71. The largest absolute Gasteiger partial charge is 0.489 e. The Balaban J connectivity index is 2.14. The molecule has 1 heterocycles. The quantitative estimate of drug-likeness (QED) is 0.452. The number of hydrogen-bond acceptors (Lipinski definition) is 6. The van der Waals surface area contributed by atoms with Gasteiger partial charge in [0.25, 0.3) is 0 Å². The van der Waals surface area contributed by atoms with Crippen LogP contribution >= 0.6 is 0 Å². The van der Waals surface area contributed by atoms with Crippen LogP contribution in [0.5, 0.6) is 5.75 Å². The normalized spacial score (nSPS) is 12.0. The number of rotatable bonds is 9. The van der Waals surface area contributed by atoms with Crippen LogP contribution in [0.4, 0.5) is 0 Å². The van der Waals surface area contributed by atoms with Gasteiger partial charge >= 0.3 is 5.63 Å². The van der Waals surface area contributed by atoms with E-state index in [4.69, 9.17) is 14.3 Å². The number of carbonyl (C=O) groups excluding carboxylic acids is 1. The molecular weight excluding hydrogens is 350 g/mol. The summed E-state index contributed by atoms with van der Waals surface area (Å²) >= 11 is 0. The molecule has 1 aromatic heterocycles. The number of ether oxygens (including phenoxy) is 1. The molecule has 1 atom stereocenters. The minimum atomic E-state index is -0.997. The summed E-state index contributed by atoms with van der Waals surface area (Å²) in [4.78, 5) is 24.2. The fourth-order valence-corrected chi connectivity index (χ4v) is 2.58. The molecule has 0 saturated heterocycles. The minimum absolute atomic E-state index is 0.0341. The fourth-order valence-electron chi connectivity index (χ4n) is 2.58. The topological polar surface area (TPSA) is 109 Å². The molecule has 0 aliphatic carbocycles. The zero-order valence-corrected chi connectivity index (χ0v) is 15.6. The Morgan fingerprint density at radius 2 is 2.15 bits per heavy atom. The number of fused-ring (bicyclic) bond motifs is 1. The average molecular weight is 375 g/mol. The van der Waals surface area contributed by atoms with Crippen molar-refractivity contribution in [3.05, 3.63) is 51.9 Å². The van der Waals surface area contributed by atoms with Gasteiger partial charge in [-0.3, -0.25) is 4.79 Å². The van der Waals surface area contributed by atoms with Crippen LogP contribution < -0.4 is 15.7 Å². The lowest BCUT2D eigenvalue weighted by atomic mass is 10.0. The molecule has 2 rings (SSSR count). The van der Waals surface area contributed by atoms with Crippen molar-refractivity contribution in [1.82, 2.24) is 5.32 Å². The summed E-state index contributed by atoms with van der Waals surface area (Å²) in [5.41, 5.74) is 2.02. The molecule has 0 spiro atoms. The van der Waals surface area contributed by atoms with Crippen molar-refractivity contribution in [1.29, 1.82) is 0 Å². The summed E-state index contributed by atoms with van der Waals surface area (Å²) < 4.78 is 11.0. The van der Waals surface area contributed by atoms with E-state index in [9.17, 15) is 14.7 Å². The Morgan fingerprint density at radius 1 is 1.41 bits per heavy atom. The number of aliphatic hydroxyl groups is 2. The second-order valence-corrected chi connectivity index (χ2v) is 6.54. The van der Waals surface area contributed by atoms with Gasteiger partial charge in [0.2, 0.25) is 5.91 Å². The summed E-state index contributed by atoms with van der Waals surface area (Å²) in [6, 6.07) is 5.28. The standard InChI is InChI=1S/C20H25NO6/c1-12(2)11-26-15-4-5-16-13(3)17(20(25)27-18(16)8-15)6-7-19(24)21-9-14(23)10-22/h4-5,8,14,22-23H,1,6-7,9-11H2,2-3H3,(H,21,24). The third-order valence-electron chi connectivity index (χ3n) is 4.09. The number of aliphatic hydroxyl groups excluding tert-OH is 2. The van der Waals surface area contributed by atoms with Crippen molar-refractivity contribution in [2.24, 2.45) is 0 Å². The van der Waals surface area contributed by atoms with Crippen LogP contribution in [0.3, 0.4) is 0 Å². The van der Waals surface area contributed by atoms with Gasteiger partial charge < -0.3 is 24.7 Å². The lowest BCUT2D eigenvalue weighted by Gasteiger charge is -2.11. The van der Waals surface area contributed by atoms with Crippen LogP contribution in [-0.4, -0.2) is 42.0 Å². The molecular formula is C20H25NO6. The highest BCUT2D eigenvalue weighted by atomic mass is 16.5. The smallest absolute Gasteiger partial charge is 0.339 e. The molecule has 0 aliphatic rings. The maximum atomic E-state index is 12.3. The molecule has 27 heavy (non-hydrogen) atoms. The van der Waals surface area contributed by atoms with Gasteiger partial charge in [0.05, 0.1) is 12.7 Å². The predicted octanol–water partition coefficient (Wildman–Crippen LogP) is 1.46. The molecule has 1 unspecified atom stereocenters. The highest BCUT2D eigenvalue weighted by Gasteiger charge is 2.14. The molecule has 3 N–H and O–H groups in total. The fraction of sp³-hybridized carbons (Fsp3) is 0.400. The average Bonchev–Trinajstić information content (AvgIpc) is 2.63. The van der Waals surface area contributed by atoms with Gasteiger partial charge in [0.15, 0.2) is 0 Å². The van der Waals surface area contributed by atoms with Crippen LogP contribution in [0.2, 0.25) is 0 Å². The first kappa shape index (κ1) is 20.7. The number of amides is 1. The Bertz CT molecular complexity index is 886. The number of carbonyl (C=O) groups is 1. The van der Waals surface area contributed by atoms with Gasteiger partial charge in [-0.15, -0.1) is 0 Å². The van der Waals surface area contributed by atoms with Crippen LogP contribution in [0.25, 0.3) is 11.0 Å². The van der Waals surface area contributed by atoms with E-state index in [1.165, 1.54) is 0 Å². The van der Waals surface area contributed by atoms with Crippen molar-refractivity contribution in [3.63, 3.8) is 0 Å². The second kappa shape index (κ2) is 9.34. The maximum absolute atomic E-state index is 12.3. The Morgan fingerprint density at radius 3 is 2.81 bits per heavy atom. The van der Waals surface area contributed by atoms with Crippen molar-refractivity contribution in [2.45, 2.75) is 32.8 Å². The highest BCUT2D eigenvalue weighted by Crippen LogP contribution is 2.24. The summed E-state index contributed by atoms with van der Waals surface area (Å²) in [6.07, 6.45) is -0.698. The SMILES string of the molecule is C=C(C)COc1ccc2c(C)c(CCC(=O)NCC(O)CO)c(=O)oc2c1. The van der Waals surface area contributed by atoms with E-state index in [0.29, 0.717) is 23.5 Å². The van der Waals surface area contributed by atoms with Crippen molar-refractivity contribution in [3.8, 4) is 5.75 Å². The first-order chi connectivity index (χ1) is 12.8. The molecule has 1 amide bonds. The molecule has 0 saturated carbocycles. The van der Waals surface area contributed by atoms with Crippen molar-refractivity contribution in [2.75, 3.05) is 19.8 Å². The van der Waals surface area contributed by atoms with Crippen LogP contribution in [0, 0.1) is 6.92 Å². The van der Waals surface area contributed by atoms with Crippen LogP contribution in [0.15, 0.2) is 39.6 Å². The maximum Gasteiger partial charge on any atom is 0.339 e. The van der Waals surface area contributed by atoms with Gasteiger partial charge in [0, 0.05) is 30.0 Å². The van der Waals surface area contributed by atoms with E-state index in [2.05, 4.69) is 11.9 Å². The van der Waals surface area contributed by atoms with E-state index in [0.717, 1.165) is 16.5 Å². The Kier molecular flexibility index (Phi) is 7.15.